The van der Waals surface area contributed by atoms with E-state index in [-0.39, 0.29) is 5.91 Å². The highest BCUT2D eigenvalue weighted by atomic mass is 32.1. The smallest absolute Gasteiger partial charge is 0.256 e. The molecule has 0 saturated heterocycles. The highest BCUT2D eigenvalue weighted by Crippen LogP contribution is 2.34. The van der Waals surface area contributed by atoms with Crippen LogP contribution in [0.3, 0.4) is 0 Å². The SMILES string of the molecule is O=C(Nc1c2c(nn1-c1nc3ccccc3s1)CCC2)c1ccc(Oc2ccccc2)cc1. The molecule has 0 spiro atoms. The second kappa shape index (κ2) is 8.18. The maximum Gasteiger partial charge on any atom is 0.256 e. The second-order valence-electron chi connectivity index (χ2n) is 7.90. The minimum atomic E-state index is -0.182. The maximum atomic E-state index is 13.1. The third-order valence-corrected chi connectivity index (χ3v) is 6.71. The number of aryl methyl sites for hydroxylation is 1. The Morgan fingerprint density at radius 3 is 2.48 bits per heavy atom. The molecule has 5 aromatic rings. The summed E-state index contributed by atoms with van der Waals surface area (Å²) in [6.45, 7) is 0. The van der Waals surface area contributed by atoms with Crippen molar-refractivity contribution < 1.29 is 9.53 Å². The minimum absolute atomic E-state index is 0.182. The normalized spacial score (nSPS) is 12.6. The Balaban J connectivity index is 1.28. The molecular formula is C26H20N4O2S. The topological polar surface area (TPSA) is 69.0 Å². The molecule has 162 valence electrons. The van der Waals surface area contributed by atoms with Crippen LogP contribution in [-0.2, 0) is 12.8 Å². The van der Waals surface area contributed by atoms with Gasteiger partial charge in [0.25, 0.3) is 5.91 Å². The van der Waals surface area contributed by atoms with Crippen molar-refractivity contribution in [1.82, 2.24) is 14.8 Å². The number of anilines is 1. The first-order valence-corrected chi connectivity index (χ1v) is 11.7. The van der Waals surface area contributed by atoms with Crippen LogP contribution < -0.4 is 10.1 Å². The third kappa shape index (κ3) is 3.76. The predicted octanol–water partition coefficient (Wildman–Crippen LogP) is 6.02. The number of ether oxygens (including phenoxy) is 1. The van der Waals surface area contributed by atoms with Crippen LogP contribution in [0.2, 0.25) is 0 Å². The Bertz CT molecular complexity index is 1420. The number of aromatic nitrogens is 3. The minimum Gasteiger partial charge on any atom is -0.457 e. The highest BCUT2D eigenvalue weighted by Gasteiger charge is 2.26. The zero-order valence-electron chi connectivity index (χ0n) is 17.7. The quantitative estimate of drug-likeness (QED) is 0.354. The summed E-state index contributed by atoms with van der Waals surface area (Å²) < 4.78 is 8.72. The van der Waals surface area contributed by atoms with Gasteiger partial charge >= 0.3 is 0 Å². The second-order valence-corrected chi connectivity index (χ2v) is 8.91. The summed E-state index contributed by atoms with van der Waals surface area (Å²) in [6.07, 6.45) is 2.87. The van der Waals surface area contributed by atoms with E-state index in [1.54, 1.807) is 40.3 Å². The largest absolute Gasteiger partial charge is 0.457 e. The van der Waals surface area contributed by atoms with E-state index in [1.165, 1.54) is 0 Å². The summed E-state index contributed by atoms with van der Waals surface area (Å²) in [5.74, 6) is 1.97. The van der Waals surface area contributed by atoms with Crippen LogP contribution in [-0.4, -0.2) is 20.7 Å². The summed E-state index contributed by atoms with van der Waals surface area (Å²) in [5.41, 5.74) is 3.63. The van der Waals surface area contributed by atoms with E-state index >= 15 is 0 Å². The van der Waals surface area contributed by atoms with E-state index in [2.05, 4.69) is 5.32 Å². The molecule has 1 aliphatic carbocycles. The predicted molar refractivity (Wildman–Crippen MR) is 130 cm³/mol. The standard InChI is InChI=1S/C26H20N4O2S/c31-25(17-13-15-19(16-14-17)32-18-7-2-1-3-8-18)28-24-20-9-6-11-21(20)29-30(24)26-27-22-10-4-5-12-23(22)33-26/h1-5,7-8,10,12-16H,6,9,11H2,(H,28,31). The maximum absolute atomic E-state index is 13.1. The number of nitrogens with zero attached hydrogens (tertiary/aromatic N) is 3. The first kappa shape index (κ1) is 19.7. The van der Waals surface area contributed by atoms with Gasteiger partial charge in [-0.3, -0.25) is 4.79 Å². The Morgan fingerprint density at radius 2 is 1.67 bits per heavy atom. The Kier molecular flexibility index (Phi) is 4.88. The number of amides is 1. The van der Waals surface area contributed by atoms with E-state index in [0.29, 0.717) is 11.3 Å². The van der Waals surface area contributed by atoms with E-state index < -0.39 is 0 Å². The molecule has 1 amide bonds. The van der Waals surface area contributed by atoms with Gasteiger partial charge in [-0.15, -0.1) is 0 Å². The summed E-state index contributed by atoms with van der Waals surface area (Å²) in [6, 6.07) is 24.7. The lowest BCUT2D eigenvalue weighted by atomic mass is 10.2. The van der Waals surface area contributed by atoms with E-state index in [0.717, 1.165) is 57.4 Å². The zero-order valence-corrected chi connectivity index (χ0v) is 18.5. The third-order valence-electron chi connectivity index (χ3n) is 5.70. The fourth-order valence-electron chi connectivity index (χ4n) is 4.09. The van der Waals surface area contributed by atoms with Gasteiger partial charge in [0, 0.05) is 11.1 Å². The van der Waals surface area contributed by atoms with Crippen molar-refractivity contribution >= 4 is 33.3 Å². The molecule has 6 rings (SSSR count). The van der Waals surface area contributed by atoms with Crippen molar-refractivity contribution in [2.24, 2.45) is 0 Å². The molecule has 2 aromatic heterocycles. The summed E-state index contributed by atoms with van der Waals surface area (Å²) in [4.78, 5) is 17.9. The fraction of sp³-hybridized carbons (Fsp3) is 0.115. The van der Waals surface area contributed by atoms with Crippen LogP contribution in [0, 0.1) is 0 Å². The van der Waals surface area contributed by atoms with E-state index in [1.807, 2.05) is 54.6 Å². The Hall–Kier alpha value is -3.97. The van der Waals surface area contributed by atoms with Crippen molar-refractivity contribution in [1.29, 1.82) is 0 Å². The Morgan fingerprint density at radius 1 is 0.909 bits per heavy atom. The lowest BCUT2D eigenvalue weighted by Gasteiger charge is -2.10. The molecule has 0 radical (unpaired) electrons. The van der Waals surface area contributed by atoms with Crippen LogP contribution in [0.5, 0.6) is 11.5 Å². The number of hydrogen-bond acceptors (Lipinski definition) is 5. The number of carbonyl (C=O) groups excluding carboxylic acids is 1. The van der Waals surface area contributed by atoms with E-state index in [9.17, 15) is 4.79 Å². The molecule has 33 heavy (non-hydrogen) atoms. The summed E-state index contributed by atoms with van der Waals surface area (Å²) >= 11 is 1.57. The number of para-hydroxylation sites is 2. The van der Waals surface area contributed by atoms with Gasteiger partial charge in [-0.05, 0) is 67.8 Å². The van der Waals surface area contributed by atoms with Crippen molar-refractivity contribution in [3.8, 4) is 16.6 Å². The lowest BCUT2D eigenvalue weighted by Crippen LogP contribution is -2.16. The van der Waals surface area contributed by atoms with Crippen LogP contribution in [0.1, 0.15) is 28.0 Å². The number of fused-ring (bicyclic) bond motifs is 2. The first-order valence-electron chi connectivity index (χ1n) is 10.9. The molecule has 0 aliphatic heterocycles. The molecule has 1 N–H and O–H groups in total. The molecule has 0 saturated carbocycles. The molecule has 1 aliphatic rings. The highest BCUT2D eigenvalue weighted by molar-refractivity contribution is 7.20. The van der Waals surface area contributed by atoms with Crippen molar-refractivity contribution in [3.05, 3.63) is 95.7 Å². The van der Waals surface area contributed by atoms with Gasteiger partial charge in [0.1, 0.15) is 17.3 Å². The Labute approximate surface area is 194 Å². The van der Waals surface area contributed by atoms with Crippen LogP contribution in [0.25, 0.3) is 15.3 Å². The number of benzene rings is 3. The molecule has 0 bridgehead atoms. The van der Waals surface area contributed by atoms with Crippen LogP contribution in [0.4, 0.5) is 5.82 Å². The van der Waals surface area contributed by atoms with Crippen LogP contribution in [0.15, 0.2) is 78.9 Å². The van der Waals surface area contributed by atoms with Crippen molar-refractivity contribution in [3.63, 3.8) is 0 Å². The summed E-state index contributed by atoms with van der Waals surface area (Å²) in [7, 11) is 0. The molecule has 6 nitrogen and oxygen atoms in total. The van der Waals surface area contributed by atoms with Crippen molar-refractivity contribution in [2.75, 3.05) is 5.32 Å². The molecule has 0 fully saturated rings. The number of hydrogen-bond donors (Lipinski definition) is 1. The van der Waals surface area contributed by atoms with Gasteiger partial charge in [-0.2, -0.15) is 9.78 Å². The first-order chi connectivity index (χ1) is 16.2. The van der Waals surface area contributed by atoms with Crippen LogP contribution >= 0.6 is 11.3 Å². The molecular weight excluding hydrogens is 432 g/mol. The van der Waals surface area contributed by atoms with Gasteiger partial charge in [-0.25, -0.2) is 4.98 Å². The van der Waals surface area contributed by atoms with Gasteiger partial charge in [0.05, 0.1) is 15.9 Å². The lowest BCUT2D eigenvalue weighted by molar-refractivity contribution is 0.102. The summed E-state index contributed by atoms with van der Waals surface area (Å²) in [5, 5.41) is 8.66. The van der Waals surface area contributed by atoms with Crippen molar-refractivity contribution in [2.45, 2.75) is 19.3 Å². The molecule has 7 heteroatoms. The molecule has 0 atom stereocenters. The zero-order chi connectivity index (χ0) is 22.2. The molecule has 0 unspecified atom stereocenters. The average Bonchev–Trinajstić information content (AvgIpc) is 3.55. The number of rotatable bonds is 5. The monoisotopic (exact) mass is 452 g/mol. The molecule has 3 aromatic carbocycles. The number of nitrogens with one attached hydrogen (secondary N) is 1. The fourth-order valence-corrected chi connectivity index (χ4v) is 5.01. The number of carbonyl (C=O) groups is 1. The van der Waals surface area contributed by atoms with E-state index in [4.69, 9.17) is 14.8 Å². The van der Waals surface area contributed by atoms with Gasteiger partial charge in [0.15, 0.2) is 0 Å². The average molecular weight is 453 g/mol. The number of thiazole rings is 1. The van der Waals surface area contributed by atoms with Gasteiger partial charge in [-0.1, -0.05) is 41.7 Å². The van der Waals surface area contributed by atoms with Gasteiger partial charge in [0.2, 0.25) is 5.13 Å². The molecule has 2 heterocycles. The van der Waals surface area contributed by atoms with Gasteiger partial charge < -0.3 is 10.1 Å².